The maximum atomic E-state index is 13.8. The van der Waals surface area contributed by atoms with E-state index < -0.39 is 6.04 Å². The molecule has 3 unspecified atom stereocenters. The second-order valence-corrected chi connectivity index (χ2v) is 5.99. The summed E-state index contributed by atoms with van der Waals surface area (Å²) >= 11 is 0. The molecule has 2 aromatic carbocycles. The maximum Gasteiger partial charge on any atom is 0.224 e. The Morgan fingerprint density at radius 2 is 2.00 bits per heavy atom. The van der Waals surface area contributed by atoms with Gasteiger partial charge in [0.1, 0.15) is 11.6 Å². The molecule has 1 amide bonds. The van der Waals surface area contributed by atoms with Crippen molar-refractivity contribution in [2.45, 2.75) is 18.4 Å². The van der Waals surface area contributed by atoms with Crippen LogP contribution in [0.2, 0.25) is 0 Å². The standard InChI is InChI=1S/C19H20FNO3/c1-24-13-8-6-12(7-9-13)18(11-22)21-19(23)16-10-15(16)14-4-2-3-5-17(14)20/h2-9,15-16,18,22H,10-11H2,1H3,(H,21,23). The third-order valence-corrected chi connectivity index (χ3v) is 4.45. The number of carbonyl (C=O) groups excluding carboxylic acids is 1. The third-order valence-electron chi connectivity index (χ3n) is 4.45. The molecule has 1 aliphatic carbocycles. The minimum Gasteiger partial charge on any atom is -0.497 e. The second kappa shape index (κ2) is 7.01. The highest BCUT2D eigenvalue weighted by atomic mass is 19.1. The Bertz CT molecular complexity index is 717. The Kier molecular flexibility index (Phi) is 4.81. The predicted molar refractivity (Wildman–Crippen MR) is 88.2 cm³/mol. The van der Waals surface area contributed by atoms with Gasteiger partial charge in [-0.25, -0.2) is 4.39 Å². The van der Waals surface area contributed by atoms with E-state index in [2.05, 4.69) is 5.32 Å². The van der Waals surface area contributed by atoms with E-state index >= 15 is 0 Å². The lowest BCUT2D eigenvalue weighted by molar-refractivity contribution is -0.123. The molecule has 3 atom stereocenters. The fraction of sp³-hybridized carbons (Fsp3) is 0.316. The molecule has 0 aliphatic heterocycles. The maximum absolute atomic E-state index is 13.8. The molecule has 3 rings (SSSR count). The normalized spacial score (nSPS) is 20.3. The molecule has 0 spiro atoms. The lowest BCUT2D eigenvalue weighted by atomic mass is 10.1. The number of hydrogen-bond acceptors (Lipinski definition) is 3. The smallest absolute Gasteiger partial charge is 0.224 e. The number of methoxy groups -OCH3 is 1. The van der Waals surface area contributed by atoms with Crippen molar-refractivity contribution in [3.05, 3.63) is 65.5 Å². The van der Waals surface area contributed by atoms with E-state index in [4.69, 9.17) is 4.74 Å². The van der Waals surface area contributed by atoms with Gasteiger partial charge >= 0.3 is 0 Å². The average Bonchev–Trinajstić information content (AvgIpc) is 3.40. The molecule has 0 saturated heterocycles. The molecular weight excluding hydrogens is 309 g/mol. The highest BCUT2D eigenvalue weighted by Gasteiger charge is 2.45. The van der Waals surface area contributed by atoms with Gasteiger partial charge in [0.05, 0.1) is 19.8 Å². The van der Waals surface area contributed by atoms with Crippen LogP contribution in [0.4, 0.5) is 4.39 Å². The first-order valence-electron chi connectivity index (χ1n) is 7.93. The lowest BCUT2D eigenvalue weighted by Crippen LogP contribution is -2.32. The summed E-state index contributed by atoms with van der Waals surface area (Å²) in [5.74, 6) is -0.0380. The molecule has 1 aliphatic rings. The molecule has 24 heavy (non-hydrogen) atoms. The van der Waals surface area contributed by atoms with Crippen LogP contribution in [0, 0.1) is 11.7 Å². The van der Waals surface area contributed by atoms with Crippen LogP contribution >= 0.6 is 0 Å². The number of carbonyl (C=O) groups is 1. The zero-order chi connectivity index (χ0) is 17.1. The summed E-state index contributed by atoms with van der Waals surface area (Å²) in [5, 5.41) is 12.4. The summed E-state index contributed by atoms with van der Waals surface area (Å²) < 4.78 is 18.9. The minimum atomic E-state index is -0.481. The molecule has 126 valence electrons. The summed E-state index contributed by atoms with van der Waals surface area (Å²) in [6, 6.07) is 13.2. The Hall–Kier alpha value is -2.40. The number of aliphatic hydroxyl groups is 1. The monoisotopic (exact) mass is 329 g/mol. The Morgan fingerprint density at radius 1 is 1.29 bits per heavy atom. The van der Waals surface area contributed by atoms with Gasteiger partial charge in [-0.05, 0) is 41.7 Å². The van der Waals surface area contributed by atoms with Gasteiger partial charge in [-0.2, -0.15) is 0 Å². The number of aliphatic hydroxyl groups excluding tert-OH is 1. The van der Waals surface area contributed by atoms with Crippen molar-refractivity contribution in [1.29, 1.82) is 0 Å². The number of ether oxygens (including phenoxy) is 1. The number of hydrogen-bond donors (Lipinski definition) is 2. The van der Waals surface area contributed by atoms with E-state index in [-0.39, 0.29) is 30.2 Å². The highest BCUT2D eigenvalue weighted by Crippen LogP contribution is 2.48. The molecule has 1 fully saturated rings. The summed E-state index contributed by atoms with van der Waals surface area (Å²) in [7, 11) is 1.58. The van der Waals surface area contributed by atoms with E-state index in [0.717, 1.165) is 5.56 Å². The van der Waals surface area contributed by atoms with Crippen LogP contribution in [-0.4, -0.2) is 24.7 Å². The molecule has 1 saturated carbocycles. The van der Waals surface area contributed by atoms with Crippen molar-refractivity contribution >= 4 is 5.91 Å². The molecule has 0 bridgehead atoms. The van der Waals surface area contributed by atoms with Gasteiger partial charge in [-0.3, -0.25) is 4.79 Å². The average molecular weight is 329 g/mol. The summed E-state index contributed by atoms with van der Waals surface area (Å²) in [6.45, 7) is -0.199. The SMILES string of the molecule is COc1ccc(C(CO)NC(=O)C2CC2c2ccccc2F)cc1. The van der Waals surface area contributed by atoms with Crippen LogP contribution in [0.3, 0.4) is 0 Å². The van der Waals surface area contributed by atoms with Crippen LogP contribution in [0.5, 0.6) is 5.75 Å². The Balaban J connectivity index is 1.64. The molecule has 2 aromatic rings. The summed E-state index contributed by atoms with van der Waals surface area (Å²) in [4.78, 5) is 12.4. The van der Waals surface area contributed by atoms with E-state index in [1.165, 1.54) is 6.07 Å². The largest absolute Gasteiger partial charge is 0.497 e. The number of amides is 1. The van der Waals surface area contributed by atoms with Gasteiger partial charge in [0.2, 0.25) is 5.91 Å². The molecule has 0 aromatic heterocycles. The van der Waals surface area contributed by atoms with Crippen LogP contribution in [-0.2, 0) is 4.79 Å². The molecule has 0 radical (unpaired) electrons. The van der Waals surface area contributed by atoms with Crippen LogP contribution in [0.1, 0.15) is 29.5 Å². The molecule has 5 heteroatoms. The highest BCUT2D eigenvalue weighted by molar-refractivity contribution is 5.83. The fourth-order valence-electron chi connectivity index (χ4n) is 2.95. The zero-order valence-corrected chi connectivity index (χ0v) is 13.4. The Morgan fingerprint density at radius 3 is 2.62 bits per heavy atom. The van der Waals surface area contributed by atoms with Crippen LogP contribution in [0.15, 0.2) is 48.5 Å². The number of benzene rings is 2. The van der Waals surface area contributed by atoms with E-state index in [0.29, 0.717) is 17.7 Å². The summed E-state index contributed by atoms with van der Waals surface area (Å²) in [5.41, 5.74) is 1.39. The van der Waals surface area contributed by atoms with Gasteiger partial charge < -0.3 is 15.2 Å². The molecule has 2 N–H and O–H groups in total. The first kappa shape index (κ1) is 16.5. The Labute approximate surface area is 140 Å². The zero-order valence-electron chi connectivity index (χ0n) is 13.4. The van der Waals surface area contributed by atoms with Gasteiger partial charge in [-0.15, -0.1) is 0 Å². The number of rotatable bonds is 6. The van der Waals surface area contributed by atoms with Crippen LogP contribution < -0.4 is 10.1 Å². The van der Waals surface area contributed by atoms with E-state index in [1.54, 1.807) is 49.6 Å². The van der Waals surface area contributed by atoms with E-state index in [9.17, 15) is 14.3 Å². The van der Waals surface area contributed by atoms with Crippen molar-refractivity contribution in [2.75, 3.05) is 13.7 Å². The van der Waals surface area contributed by atoms with Crippen molar-refractivity contribution in [3.63, 3.8) is 0 Å². The number of nitrogens with one attached hydrogen (secondary N) is 1. The van der Waals surface area contributed by atoms with Gasteiger partial charge in [0, 0.05) is 5.92 Å². The number of halogens is 1. The minimum absolute atomic E-state index is 0.0820. The van der Waals surface area contributed by atoms with Gasteiger partial charge in [-0.1, -0.05) is 30.3 Å². The first-order valence-corrected chi connectivity index (χ1v) is 7.93. The molecule has 0 heterocycles. The van der Waals surface area contributed by atoms with Crippen molar-refractivity contribution in [2.24, 2.45) is 5.92 Å². The van der Waals surface area contributed by atoms with Gasteiger partial charge in [0.15, 0.2) is 0 Å². The molecular formula is C19H20FNO3. The topological polar surface area (TPSA) is 58.6 Å². The summed E-state index contributed by atoms with van der Waals surface area (Å²) in [6.07, 6.45) is 0.632. The van der Waals surface area contributed by atoms with Gasteiger partial charge in [0.25, 0.3) is 0 Å². The first-order chi connectivity index (χ1) is 11.6. The van der Waals surface area contributed by atoms with Crippen molar-refractivity contribution < 1.29 is 19.0 Å². The van der Waals surface area contributed by atoms with E-state index in [1.807, 2.05) is 0 Å². The second-order valence-electron chi connectivity index (χ2n) is 5.99. The predicted octanol–water partition coefficient (Wildman–Crippen LogP) is 2.79. The van der Waals surface area contributed by atoms with Crippen molar-refractivity contribution in [3.8, 4) is 5.75 Å². The van der Waals surface area contributed by atoms with Crippen molar-refractivity contribution in [1.82, 2.24) is 5.32 Å². The fourth-order valence-corrected chi connectivity index (χ4v) is 2.95. The lowest BCUT2D eigenvalue weighted by Gasteiger charge is -2.17. The quantitative estimate of drug-likeness (QED) is 0.857. The van der Waals surface area contributed by atoms with Crippen LogP contribution in [0.25, 0.3) is 0 Å². The third kappa shape index (κ3) is 3.41. The molecule has 4 nitrogen and oxygen atoms in total.